The number of ether oxygens (including phenoxy) is 1. The lowest BCUT2D eigenvalue weighted by Crippen LogP contribution is -2.47. The third-order valence-electron chi connectivity index (χ3n) is 4.06. The van der Waals surface area contributed by atoms with Crippen LogP contribution in [0.25, 0.3) is 0 Å². The Hall–Kier alpha value is -0.770. The Balaban J connectivity index is 1.80. The Bertz CT molecular complexity index is 417. The van der Waals surface area contributed by atoms with E-state index in [2.05, 4.69) is 41.8 Å². The van der Waals surface area contributed by atoms with Gasteiger partial charge in [0.05, 0.1) is 13.2 Å². The molecule has 0 radical (unpaired) electrons. The fourth-order valence-electron chi connectivity index (χ4n) is 2.64. The Morgan fingerprint density at radius 2 is 1.85 bits per heavy atom. The predicted molar refractivity (Wildman–Crippen MR) is 86.1 cm³/mol. The summed E-state index contributed by atoms with van der Waals surface area (Å²) in [5.74, 6) is 0.584. The minimum Gasteiger partial charge on any atom is -0.379 e. The summed E-state index contributed by atoms with van der Waals surface area (Å²) in [6.45, 7) is 11.3. The molecule has 0 aliphatic carbocycles. The standard InChI is InChI=1S/C16H25ClN2O/c1-14-4-3-5-16(15(14)2)19-9-7-18(8-10-19)11-13-20-12-6-17/h3-5H,6-13H2,1-2H3. The molecule has 0 bridgehead atoms. The highest BCUT2D eigenvalue weighted by Crippen LogP contribution is 2.23. The highest BCUT2D eigenvalue weighted by atomic mass is 35.5. The molecule has 0 aromatic heterocycles. The summed E-state index contributed by atoms with van der Waals surface area (Å²) in [5.41, 5.74) is 4.17. The van der Waals surface area contributed by atoms with Crippen LogP contribution in [0.5, 0.6) is 0 Å². The number of anilines is 1. The highest BCUT2D eigenvalue weighted by molar-refractivity contribution is 6.17. The molecule has 1 aliphatic rings. The lowest BCUT2D eigenvalue weighted by atomic mass is 10.1. The van der Waals surface area contributed by atoms with Gasteiger partial charge in [-0.3, -0.25) is 4.90 Å². The lowest BCUT2D eigenvalue weighted by molar-refractivity contribution is 0.112. The summed E-state index contributed by atoms with van der Waals surface area (Å²) in [6.07, 6.45) is 0. The normalized spacial score (nSPS) is 16.6. The van der Waals surface area contributed by atoms with Crippen molar-refractivity contribution < 1.29 is 4.74 Å². The second kappa shape index (κ2) is 7.87. The topological polar surface area (TPSA) is 15.7 Å². The van der Waals surface area contributed by atoms with E-state index in [0.717, 1.165) is 39.3 Å². The molecule has 4 heteroatoms. The number of aryl methyl sites for hydroxylation is 1. The Morgan fingerprint density at radius 1 is 1.10 bits per heavy atom. The molecule has 2 rings (SSSR count). The van der Waals surface area contributed by atoms with Gasteiger partial charge >= 0.3 is 0 Å². The zero-order valence-electron chi connectivity index (χ0n) is 12.6. The van der Waals surface area contributed by atoms with Crippen LogP contribution in [-0.4, -0.2) is 56.7 Å². The van der Waals surface area contributed by atoms with Gasteiger partial charge in [-0.1, -0.05) is 12.1 Å². The van der Waals surface area contributed by atoms with Gasteiger partial charge in [0.15, 0.2) is 0 Å². The van der Waals surface area contributed by atoms with Crippen molar-refractivity contribution in [1.82, 2.24) is 4.90 Å². The number of benzene rings is 1. The third-order valence-corrected chi connectivity index (χ3v) is 4.22. The lowest BCUT2D eigenvalue weighted by Gasteiger charge is -2.37. The van der Waals surface area contributed by atoms with Crippen molar-refractivity contribution in [3.8, 4) is 0 Å². The fraction of sp³-hybridized carbons (Fsp3) is 0.625. The third kappa shape index (κ3) is 4.11. The van der Waals surface area contributed by atoms with Crippen LogP contribution in [0.3, 0.4) is 0 Å². The molecule has 1 aromatic rings. The van der Waals surface area contributed by atoms with E-state index in [1.807, 2.05) is 0 Å². The van der Waals surface area contributed by atoms with Crippen molar-refractivity contribution in [2.24, 2.45) is 0 Å². The average Bonchev–Trinajstić information content (AvgIpc) is 2.47. The van der Waals surface area contributed by atoms with Crippen molar-refractivity contribution in [2.75, 3.05) is 56.7 Å². The monoisotopic (exact) mass is 296 g/mol. The van der Waals surface area contributed by atoms with E-state index in [1.54, 1.807) is 0 Å². The number of piperazine rings is 1. The number of rotatable bonds is 6. The van der Waals surface area contributed by atoms with Gasteiger partial charge in [0.2, 0.25) is 0 Å². The Kier molecular flexibility index (Phi) is 6.14. The first-order valence-electron chi connectivity index (χ1n) is 7.39. The van der Waals surface area contributed by atoms with Gasteiger partial charge in [-0.15, -0.1) is 11.6 Å². The molecule has 0 spiro atoms. The minimum absolute atomic E-state index is 0.584. The van der Waals surface area contributed by atoms with Gasteiger partial charge in [0.1, 0.15) is 0 Å². The maximum absolute atomic E-state index is 5.59. The van der Waals surface area contributed by atoms with Crippen LogP contribution >= 0.6 is 11.6 Å². The van der Waals surface area contributed by atoms with Crippen LogP contribution in [0.4, 0.5) is 5.69 Å². The van der Waals surface area contributed by atoms with Crippen LogP contribution in [-0.2, 0) is 4.74 Å². The molecular weight excluding hydrogens is 272 g/mol. The number of alkyl halides is 1. The van der Waals surface area contributed by atoms with E-state index in [4.69, 9.17) is 16.3 Å². The predicted octanol–water partition coefficient (Wildman–Crippen LogP) is 2.68. The SMILES string of the molecule is Cc1cccc(N2CCN(CCOCCCl)CC2)c1C. The first-order chi connectivity index (χ1) is 9.72. The van der Waals surface area contributed by atoms with Crippen LogP contribution in [0.15, 0.2) is 18.2 Å². The van der Waals surface area contributed by atoms with Gasteiger partial charge in [0, 0.05) is 44.3 Å². The van der Waals surface area contributed by atoms with E-state index in [0.29, 0.717) is 12.5 Å². The Labute approximate surface area is 127 Å². The van der Waals surface area contributed by atoms with E-state index in [1.165, 1.54) is 16.8 Å². The molecular formula is C16H25ClN2O. The molecule has 3 nitrogen and oxygen atoms in total. The van der Waals surface area contributed by atoms with E-state index in [9.17, 15) is 0 Å². The van der Waals surface area contributed by atoms with Gasteiger partial charge in [-0.25, -0.2) is 0 Å². The molecule has 0 saturated carbocycles. The van der Waals surface area contributed by atoms with Crippen molar-refractivity contribution in [1.29, 1.82) is 0 Å². The molecule has 20 heavy (non-hydrogen) atoms. The van der Waals surface area contributed by atoms with Gasteiger partial charge in [-0.2, -0.15) is 0 Å². The molecule has 0 N–H and O–H groups in total. The largest absolute Gasteiger partial charge is 0.379 e. The summed E-state index contributed by atoms with van der Waals surface area (Å²) in [6, 6.07) is 6.58. The van der Waals surface area contributed by atoms with Crippen molar-refractivity contribution >= 4 is 17.3 Å². The molecule has 1 aliphatic heterocycles. The van der Waals surface area contributed by atoms with Gasteiger partial charge in [-0.05, 0) is 31.0 Å². The number of hydrogen-bond acceptors (Lipinski definition) is 3. The molecule has 0 unspecified atom stereocenters. The molecule has 1 heterocycles. The molecule has 1 aromatic carbocycles. The quantitative estimate of drug-likeness (QED) is 0.593. The second-order valence-electron chi connectivity index (χ2n) is 5.35. The van der Waals surface area contributed by atoms with E-state index in [-0.39, 0.29) is 0 Å². The van der Waals surface area contributed by atoms with Gasteiger partial charge < -0.3 is 9.64 Å². The Morgan fingerprint density at radius 3 is 2.55 bits per heavy atom. The average molecular weight is 297 g/mol. The van der Waals surface area contributed by atoms with E-state index < -0.39 is 0 Å². The molecule has 0 amide bonds. The van der Waals surface area contributed by atoms with Crippen LogP contribution in [0.2, 0.25) is 0 Å². The number of halogens is 1. The van der Waals surface area contributed by atoms with Crippen molar-refractivity contribution in [3.63, 3.8) is 0 Å². The maximum atomic E-state index is 5.59. The highest BCUT2D eigenvalue weighted by Gasteiger charge is 2.18. The number of nitrogens with zero attached hydrogens (tertiary/aromatic N) is 2. The first-order valence-corrected chi connectivity index (χ1v) is 7.93. The van der Waals surface area contributed by atoms with Crippen LogP contribution in [0, 0.1) is 13.8 Å². The number of hydrogen-bond donors (Lipinski definition) is 0. The second-order valence-corrected chi connectivity index (χ2v) is 5.73. The summed E-state index contributed by atoms with van der Waals surface area (Å²) < 4.78 is 5.44. The molecule has 112 valence electrons. The zero-order chi connectivity index (χ0) is 14.4. The van der Waals surface area contributed by atoms with Crippen molar-refractivity contribution in [2.45, 2.75) is 13.8 Å². The van der Waals surface area contributed by atoms with Gasteiger partial charge in [0.25, 0.3) is 0 Å². The summed E-state index contributed by atoms with van der Waals surface area (Å²) >= 11 is 5.59. The van der Waals surface area contributed by atoms with Crippen LogP contribution in [0.1, 0.15) is 11.1 Å². The molecule has 1 fully saturated rings. The van der Waals surface area contributed by atoms with Crippen LogP contribution < -0.4 is 4.90 Å². The first kappa shape index (κ1) is 15.6. The molecule has 0 atom stereocenters. The van der Waals surface area contributed by atoms with Crippen molar-refractivity contribution in [3.05, 3.63) is 29.3 Å². The molecule has 1 saturated heterocycles. The minimum atomic E-state index is 0.584. The summed E-state index contributed by atoms with van der Waals surface area (Å²) in [5, 5.41) is 0. The smallest absolute Gasteiger partial charge is 0.0602 e. The zero-order valence-corrected chi connectivity index (χ0v) is 13.3. The summed E-state index contributed by atoms with van der Waals surface area (Å²) in [7, 11) is 0. The van der Waals surface area contributed by atoms with E-state index >= 15 is 0 Å². The fourth-order valence-corrected chi connectivity index (χ4v) is 2.75. The summed E-state index contributed by atoms with van der Waals surface area (Å²) in [4.78, 5) is 4.97. The maximum Gasteiger partial charge on any atom is 0.0602 e.